The first kappa shape index (κ1) is 16.9. The zero-order valence-electron chi connectivity index (χ0n) is 11.5. The third kappa shape index (κ3) is 4.28. The van der Waals surface area contributed by atoms with E-state index in [0.29, 0.717) is 6.42 Å². The second kappa shape index (κ2) is 7.73. The first-order chi connectivity index (χ1) is 10.0. The van der Waals surface area contributed by atoms with Crippen LogP contribution in [0, 0.1) is 5.82 Å². The molecule has 1 atom stereocenters. The number of hydrogen-bond acceptors (Lipinski definition) is 1. The van der Waals surface area contributed by atoms with Gasteiger partial charge >= 0.3 is 0 Å². The smallest absolute Gasteiger partial charge is 0.142 e. The lowest BCUT2D eigenvalue weighted by molar-refractivity contribution is 0.545. The Hall–Kier alpha value is -0.420. The topological polar surface area (TPSA) is 12.0 Å². The Bertz CT molecular complexity index is 634. The monoisotopic (exact) mass is 433 g/mol. The molecule has 2 rings (SSSR count). The fraction of sp³-hybridized carbons (Fsp3) is 0.250. The van der Waals surface area contributed by atoms with E-state index in [9.17, 15) is 4.39 Å². The van der Waals surface area contributed by atoms with E-state index >= 15 is 0 Å². The Morgan fingerprint density at radius 3 is 2.71 bits per heavy atom. The van der Waals surface area contributed by atoms with Gasteiger partial charge in [-0.3, -0.25) is 0 Å². The summed E-state index contributed by atoms with van der Waals surface area (Å²) in [7, 11) is 0. The highest BCUT2D eigenvalue weighted by Gasteiger charge is 2.17. The molecule has 0 bridgehead atoms. The summed E-state index contributed by atoms with van der Waals surface area (Å²) in [6.07, 6.45) is 0.624. The number of benzene rings is 2. The summed E-state index contributed by atoms with van der Waals surface area (Å²) in [4.78, 5) is 0. The van der Waals surface area contributed by atoms with E-state index in [1.807, 2.05) is 25.1 Å². The molecule has 0 aliphatic heterocycles. The Balaban J connectivity index is 2.35. The van der Waals surface area contributed by atoms with Gasteiger partial charge in [0.25, 0.3) is 0 Å². The van der Waals surface area contributed by atoms with Crippen LogP contribution in [-0.4, -0.2) is 6.54 Å². The van der Waals surface area contributed by atoms with Crippen molar-refractivity contribution in [3.8, 4) is 0 Å². The maximum absolute atomic E-state index is 13.6. The van der Waals surface area contributed by atoms with Crippen molar-refractivity contribution < 1.29 is 4.39 Å². The van der Waals surface area contributed by atoms with Gasteiger partial charge in [-0.2, -0.15) is 0 Å². The Morgan fingerprint density at radius 2 is 2.00 bits per heavy atom. The number of nitrogens with one attached hydrogen (secondary N) is 1. The number of halogens is 4. The Kier molecular flexibility index (Phi) is 6.23. The SMILES string of the molecule is CCNC(Cc1cccc(F)c1Cl)c1cc(Br)ccc1Br. The van der Waals surface area contributed by atoms with Gasteiger partial charge in [-0.05, 0) is 48.4 Å². The molecule has 21 heavy (non-hydrogen) atoms. The minimum atomic E-state index is -0.377. The molecule has 0 radical (unpaired) electrons. The zero-order valence-corrected chi connectivity index (χ0v) is 15.4. The van der Waals surface area contributed by atoms with Gasteiger partial charge in [-0.15, -0.1) is 0 Å². The lowest BCUT2D eigenvalue weighted by Crippen LogP contribution is -2.23. The molecular weight excluding hydrogens is 420 g/mol. The van der Waals surface area contributed by atoms with Crippen LogP contribution in [0.3, 0.4) is 0 Å². The van der Waals surface area contributed by atoms with Crippen molar-refractivity contribution in [2.24, 2.45) is 0 Å². The second-order valence-corrected chi connectivity index (χ2v) is 6.84. The molecule has 1 N–H and O–H groups in total. The van der Waals surface area contributed by atoms with Crippen LogP contribution < -0.4 is 5.32 Å². The normalized spacial score (nSPS) is 12.4. The fourth-order valence-electron chi connectivity index (χ4n) is 2.25. The van der Waals surface area contributed by atoms with Crippen molar-refractivity contribution in [1.82, 2.24) is 5.32 Å². The van der Waals surface area contributed by atoms with E-state index in [1.165, 1.54) is 6.07 Å². The average molecular weight is 436 g/mol. The summed E-state index contributed by atoms with van der Waals surface area (Å²) >= 11 is 13.1. The summed E-state index contributed by atoms with van der Waals surface area (Å²) in [5.41, 5.74) is 1.92. The predicted octanol–water partition coefficient (Wildman–Crippen LogP) is 5.90. The van der Waals surface area contributed by atoms with Crippen molar-refractivity contribution in [3.05, 3.63) is 67.3 Å². The maximum atomic E-state index is 13.6. The van der Waals surface area contributed by atoms with Gasteiger partial charge in [0.1, 0.15) is 5.82 Å². The van der Waals surface area contributed by atoms with Crippen molar-refractivity contribution in [2.45, 2.75) is 19.4 Å². The van der Waals surface area contributed by atoms with Gasteiger partial charge < -0.3 is 5.32 Å². The standard InChI is InChI=1S/C16H15Br2ClFN/c1-2-21-15(12-9-11(17)6-7-13(12)18)8-10-4-3-5-14(20)16(10)19/h3-7,9,15,21H,2,8H2,1H3. The molecule has 0 aromatic heterocycles. The van der Waals surface area contributed by atoms with Crippen LogP contribution in [-0.2, 0) is 6.42 Å². The van der Waals surface area contributed by atoms with Gasteiger partial charge in [0.15, 0.2) is 0 Å². The summed E-state index contributed by atoms with van der Waals surface area (Å²) in [5, 5.41) is 3.63. The molecule has 1 unspecified atom stereocenters. The molecule has 0 fully saturated rings. The van der Waals surface area contributed by atoms with Gasteiger partial charge in [-0.25, -0.2) is 4.39 Å². The van der Waals surface area contributed by atoms with E-state index in [2.05, 4.69) is 43.2 Å². The minimum Gasteiger partial charge on any atom is -0.310 e. The number of rotatable bonds is 5. The maximum Gasteiger partial charge on any atom is 0.142 e. The molecule has 1 nitrogen and oxygen atoms in total. The molecule has 0 saturated heterocycles. The molecule has 112 valence electrons. The molecule has 0 aliphatic carbocycles. The second-order valence-electron chi connectivity index (χ2n) is 4.69. The molecule has 0 amide bonds. The van der Waals surface area contributed by atoms with E-state index in [1.54, 1.807) is 6.07 Å². The molecule has 0 heterocycles. The van der Waals surface area contributed by atoms with Crippen molar-refractivity contribution in [1.29, 1.82) is 0 Å². The van der Waals surface area contributed by atoms with E-state index < -0.39 is 0 Å². The quantitative estimate of drug-likeness (QED) is 0.617. The van der Waals surface area contributed by atoms with Crippen molar-refractivity contribution in [2.75, 3.05) is 6.54 Å². The predicted molar refractivity (Wildman–Crippen MR) is 93.4 cm³/mol. The van der Waals surface area contributed by atoms with E-state index in [-0.39, 0.29) is 16.9 Å². The van der Waals surface area contributed by atoms with E-state index in [4.69, 9.17) is 11.6 Å². The third-order valence-corrected chi connectivity index (χ3v) is 4.88. The Morgan fingerprint density at radius 1 is 1.24 bits per heavy atom. The first-order valence-electron chi connectivity index (χ1n) is 6.64. The number of likely N-dealkylation sites (N-methyl/N-ethyl adjacent to an activating group) is 1. The van der Waals surface area contributed by atoms with Crippen LogP contribution >= 0.6 is 43.5 Å². The van der Waals surface area contributed by atoms with Crippen molar-refractivity contribution >= 4 is 43.5 Å². The Labute approximate surface area is 146 Å². The third-order valence-electron chi connectivity index (χ3n) is 3.24. The van der Waals surface area contributed by atoms with Gasteiger partial charge in [-0.1, -0.05) is 62.5 Å². The average Bonchev–Trinajstić information content (AvgIpc) is 2.46. The van der Waals surface area contributed by atoms with E-state index in [0.717, 1.165) is 26.6 Å². The number of hydrogen-bond donors (Lipinski definition) is 1. The van der Waals surface area contributed by atoms with Gasteiger partial charge in [0.2, 0.25) is 0 Å². The summed E-state index contributed by atoms with van der Waals surface area (Å²) in [5.74, 6) is -0.377. The molecule has 0 spiro atoms. The highest BCUT2D eigenvalue weighted by atomic mass is 79.9. The molecule has 0 aliphatic rings. The molecule has 2 aromatic carbocycles. The highest BCUT2D eigenvalue weighted by Crippen LogP contribution is 2.31. The fourth-order valence-corrected chi connectivity index (χ4v) is 3.35. The summed E-state index contributed by atoms with van der Waals surface area (Å²) in [6, 6.07) is 11.0. The largest absolute Gasteiger partial charge is 0.310 e. The van der Waals surface area contributed by atoms with Crippen LogP contribution in [0.2, 0.25) is 5.02 Å². The summed E-state index contributed by atoms with van der Waals surface area (Å²) in [6.45, 7) is 2.86. The minimum absolute atomic E-state index is 0.0566. The lowest BCUT2D eigenvalue weighted by Gasteiger charge is -2.21. The van der Waals surface area contributed by atoms with Gasteiger partial charge in [0, 0.05) is 15.0 Å². The van der Waals surface area contributed by atoms with Gasteiger partial charge in [0.05, 0.1) is 5.02 Å². The lowest BCUT2D eigenvalue weighted by atomic mass is 9.98. The van der Waals surface area contributed by atoms with Crippen molar-refractivity contribution in [3.63, 3.8) is 0 Å². The first-order valence-corrected chi connectivity index (χ1v) is 8.60. The van der Waals surface area contributed by atoms with Crippen LogP contribution in [0.25, 0.3) is 0 Å². The molecular formula is C16H15Br2ClFN. The molecule has 5 heteroatoms. The van der Waals surface area contributed by atoms with Crippen LogP contribution in [0.4, 0.5) is 4.39 Å². The zero-order chi connectivity index (χ0) is 15.4. The molecule has 2 aromatic rings. The van der Waals surface area contributed by atoms with Crippen LogP contribution in [0.15, 0.2) is 45.3 Å². The highest BCUT2D eigenvalue weighted by molar-refractivity contribution is 9.11. The summed E-state index contributed by atoms with van der Waals surface area (Å²) < 4.78 is 15.6. The molecule has 0 saturated carbocycles. The van der Waals surface area contributed by atoms with Crippen LogP contribution in [0.5, 0.6) is 0 Å². The van der Waals surface area contributed by atoms with Crippen LogP contribution in [0.1, 0.15) is 24.1 Å².